The van der Waals surface area contributed by atoms with Gasteiger partial charge in [0, 0.05) is 4.47 Å². The van der Waals surface area contributed by atoms with Crippen molar-refractivity contribution < 1.29 is 9.59 Å². The van der Waals surface area contributed by atoms with Crippen LogP contribution in [-0.2, 0) is 9.59 Å². The molecule has 2 amide bonds. The van der Waals surface area contributed by atoms with E-state index >= 15 is 0 Å². The maximum Gasteiger partial charge on any atom is 0.247 e. The third-order valence-electron chi connectivity index (χ3n) is 3.03. The van der Waals surface area contributed by atoms with Gasteiger partial charge in [0.1, 0.15) is 6.04 Å². The van der Waals surface area contributed by atoms with Crippen LogP contribution in [0.15, 0.2) is 22.7 Å². The summed E-state index contributed by atoms with van der Waals surface area (Å²) in [5.74, 6) is -0.303. The summed E-state index contributed by atoms with van der Waals surface area (Å²) in [4.78, 5) is 25.7. The lowest BCUT2D eigenvalue weighted by molar-refractivity contribution is -0.131. The quantitative estimate of drug-likeness (QED) is 0.895. The highest BCUT2D eigenvalue weighted by Gasteiger charge is 2.38. The highest BCUT2D eigenvalue weighted by atomic mass is 79.9. The van der Waals surface area contributed by atoms with Gasteiger partial charge in [0.25, 0.3) is 0 Å². The Bertz CT molecular complexity index is 533. The Kier molecular flexibility index (Phi) is 4.16. The normalized spacial score (nSPS) is 19.8. The van der Waals surface area contributed by atoms with E-state index in [1.54, 1.807) is 18.2 Å². The van der Waals surface area contributed by atoms with Crippen molar-refractivity contribution in [3.8, 4) is 0 Å². The lowest BCUT2D eigenvalue weighted by atomic mass is 9.98. The largest absolute Gasteiger partial charge is 0.345 e. The topological polar surface area (TPSA) is 49.4 Å². The number of carbonyl (C=O) groups is 2. The maximum absolute atomic E-state index is 12.2. The molecule has 0 aliphatic carbocycles. The smallest absolute Gasteiger partial charge is 0.247 e. The minimum Gasteiger partial charge on any atom is -0.345 e. The molecule has 4 nitrogen and oxygen atoms in total. The van der Waals surface area contributed by atoms with Crippen molar-refractivity contribution in [3.63, 3.8) is 0 Å². The number of carbonyl (C=O) groups excluding carboxylic acids is 2. The molecule has 0 saturated carbocycles. The Morgan fingerprint density at radius 3 is 2.74 bits per heavy atom. The van der Waals surface area contributed by atoms with Gasteiger partial charge in [-0.3, -0.25) is 14.5 Å². The number of hydrogen-bond acceptors (Lipinski definition) is 2. The molecule has 1 unspecified atom stereocenters. The van der Waals surface area contributed by atoms with Crippen LogP contribution in [0.3, 0.4) is 0 Å². The number of piperazine rings is 1. The molecule has 1 fully saturated rings. The fourth-order valence-corrected chi connectivity index (χ4v) is 2.74. The monoisotopic (exact) mass is 344 g/mol. The van der Waals surface area contributed by atoms with Crippen molar-refractivity contribution in [2.45, 2.75) is 19.9 Å². The van der Waals surface area contributed by atoms with Gasteiger partial charge in [-0.15, -0.1) is 0 Å². The number of anilines is 1. The van der Waals surface area contributed by atoms with Gasteiger partial charge in [-0.25, -0.2) is 0 Å². The number of hydrogen-bond donors (Lipinski definition) is 1. The number of nitrogens with one attached hydrogen (secondary N) is 1. The van der Waals surface area contributed by atoms with E-state index in [-0.39, 0.29) is 24.3 Å². The average Bonchev–Trinajstić information content (AvgIpc) is 2.34. The molecule has 1 aromatic carbocycles. The number of nitrogens with zero attached hydrogens (tertiary/aromatic N) is 1. The SMILES string of the molecule is CC(C)C1C(=O)NCC(=O)N1c1cc(Br)ccc1Cl. The van der Waals surface area contributed by atoms with Crippen molar-refractivity contribution in [1.82, 2.24) is 5.32 Å². The molecule has 1 aliphatic rings. The molecule has 1 N–H and O–H groups in total. The fourth-order valence-electron chi connectivity index (χ4n) is 2.18. The number of halogens is 2. The van der Waals surface area contributed by atoms with Crippen LogP contribution < -0.4 is 10.2 Å². The van der Waals surface area contributed by atoms with Gasteiger partial charge in [-0.1, -0.05) is 41.4 Å². The van der Waals surface area contributed by atoms with Crippen molar-refractivity contribution in [2.24, 2.45) is 5.92 Å². The fraction of sp³-hybridized carbons (Fsp3) is 0.385. The van der Waals surface area contributed by atoms with Crippen LogP contribution in [-0.4, -0.2) is 24.4 Å². The summed E-state index contributed by atoms with van der Waals surface area (Å²) in [5.41, 5.74) is 0.564. The molecule has 1 saturated heterocycles. The molecule has 2 rings (SSSR count). The Morgan fingerprint density at radius 1 is 1.42 bits per heavy atom. The summed E-state index contributed by atoms with van der Waals surface area (Å²) in [6.45, 7) is 3.81. The van der Waals surface area contributed by atoms with E-state index in [4.69, 9.17) is 11.6 Å². The van der Waals surface area contributed by atoms with Crippen molar-refractivity contribution in [3.05, 3.63) is 27.7 Å². The van der Waals surface area contributed by atoms with Crippen LogP contribution in [0.1, 0.15) is 13.8 Å². The second-order valence-electron chi connectivity index (χ2n) is 4.77. The van der Waals surface area contributed by atoms with Crippen LogP contribution in [0, 0.1) is 5.92 Å². The number of amides is 2. The first-order valence-corrected chi connectivity index (χ1v) is 7.13. The average molecular weight is 346 g/mol. The first-order valence-electron chi connectivity index (χ1n) is 5.96. The summed E-state index contributed by atoms with van der Waals surface area (Å²) in [7, 11) is 0. The van der Waals surface area contributed by atoms with E-state index in [2.05, 4.69) is 21.2 Å². The zero-order valence-electron chi connectivity index (χ0n) is 10.6. The minimum absolute atomic E-state index is 0.000650. The van der Waals surface area contributed by atoms with Crippen LogP contribution in [0.4, 0.5) is 5.69 Å². The van der Waals surface area contributed by atoms with Crippen molar-refractivity contribution >= 4 is 45.0 Å². The summed E-state index contributed by atoms with van der Waals surface area (Å²) < 4.78 is 0.813. The zero-order chi connectivity index (χ0) is 14.2. The van der Waals surface area contributed by atoms with E-state index in [9.17, 15) is 9.59 Å². The third kappa shape index (κ3) is 2.77. The molecular formula is C13H14BrClN2O2. The maximum atomic E-state index is 12.2. The van der Waals surface area contributed by atoms with Gasteiger partial charge in [0.2, 0.25) is 11.8 Å². The molecule has 0 radical (unpaired) electrons. The van der Waals surface area contributed by atoms with E-state index < -0.39 is 6.04 Å². The molecule has 0 aromatic heterocycles. The number of rotatable bonds is 2. The van der Waals surface area contributed by atoms with Crippen LogP contribution in [0.25, 0.3) is 0 Å². The lowest BCUT2D eigenvalue weighted by Crippen LogP contribution is -2.60. The summed E-state index contributed by atoms with van der Waals surface area (Å²) >= 11 is 9.52. The molecule has 6 heteroatoms. The molecule has 19 heavy (non-hydrogen) atoms. The highest BCUT2D eigenvalue weighted by Crippen LogP contribution is 2.33. The van der Waals surface area contributed by atoms with Gasteiger partial charge >= 0.3 is 0 Å². The first kappa shape index (κ1) is 14.3. The van der Waals surface area contributed by atoms with E-state index in [1.165, 1.54) is 4.90 Å². The van der Waals surface area contributed by atoms with Gasteiger partial charge in [0.05, 0.1) is 17.3 Å². The predicted molar refractivity (Wildman–Crippen MR) is 78.3 cm³/mol. The van der Waals surface area contributed by atoms with Crippen molar-refractivity contribution in [2.75, 3.05) is 11.4 Å². The summed E-state index contributed by atoms with van der Waals surface area (Å²) in [6.07, 6.45) is 0. The molecule has 1 atom stereocenters. The lowest BCUT2D eigenvalue weighted by Gasteiger charge is -2.37. The second kappa shape index (κ2) is 5.51. The second-order valence-corrected chi connectivity index (χ2v) is 6.09. The first-order chi connectivity index (χ1) is 8.91. The zero-order valence-corrected chi connectivity index (χ0v) is 13.0. The Labute approximate surface area is 125 Å². The van der Waals surface area contributed by atoms with E-state index in [0.29, 0.717) is 10.7 Å². The standard InChI is InChI=1S/C13H14BrClN2O2/c1-7(2)12-13(19)16-6-11(18)17(12)10-5-8(14)3-4-9(10)15/h3-5,7,12H,6H2,1-2H3,(H,16,19). The molecule has 1 aliphatic heterocycles. The molecule has 1 heterocycles. The van der Waals surface area contributed by atoms with Gasteiger partial charge in [-0.2, -0.15) is 0 Å². The van der Waals surface area contributed by atoms with Crippen molar-refractivity contribution in [1.29, 1.82) is 0 Å². The van der Waals surface area contributed by atoms with Gasteiger partial charge in [0.15, 0.2) is 0 Å². The Hall–Kier alpha value is -1.07. The van der Waals surface area contributed by atoms with Gasteiger partial charge in [-0.05, 0) is 24.1 Å². The minimum atomic E-state index is -0.534. The van der Waals surface area contributed by atoms with Crippen LogP contribution >= 0.6 is 27.5 Å². The third-order valence-corrected chi connectivity index (χ3v) is 3.84. The number of benzene rings is 1. The van der Waals surface area contributed by atoms with Crippen LogP contribution in [0.2, 0.25) is 5.02 Å². The van der Waals surface area contributed by atoms with E-state index in [0.717, 1.165) is 4.47 Å². The Balaban J connectivity index is 2.51. The van der Waals surface area contributed by atoms with Gasteiger partial charge < -0.3 is 5.32 Å². The van der Waals surface area contributed by atoms with Crippen LogP contribution in [0.5, 0.6) is 0 Å². The molecule has 0 spiro atoms. The molecule has 1 aromatic rings. The molecule has 0 bridgehead atoms. The van der Waals surface area contributed by atoms with E-state index in [1.807, 2.05) is 13.8 Å². The Morgan fingerprint density at radius 2 is 2.11 bits per heavy atom. The molecular weight excluding hydrogens is 332 g/mol. The highest BCUT2D eigenvalue weighted by molar-refractivity contribution is 9.10. The summed E-state index contributed by atoms with van der Waals surface area (Å²) in [5, 5.41) is 3.07. The predicted octanol–water partition coefficient (Wildman–Crippen LogP) is 2.59. The summed E-state index contributed by atoms with van der Waals surface area (Å²) in [6, 6.07) is 4.73. The molecule has 102 valence electrons.